The number of anilines is 1. The minimum Gasteiger partial charge on any atom is -0.497 e. The minimum atomic E-state index is -0.387. The Labute approximate surface area is 145 Å². The van der Waals surface area contributed by atoms with Crippen LogP contribution in [-0.4, -0.2) is 38.0 Å². The van der Waals surface area contributed by atoms with Crippen molar-refractivity contribution in [2.24, 2.45) is 0 Å². The lowest BCUT2D eigenvalue weighted by molar-refractivity contribution is -0.135. The van der Waals surface area contributed by atoms with E-state index in [2.05, 4.69) is 5.32 Å². The fraction of sp³-hybridized carbons (Fsp3) is 0.158. The van der Waals surface area contributed by atoms with Crippen LogP contribution in [-0.2, 0) is 9.59 Å². The molecule has 1 N–H and O–H groups in total. The van der Waals surface area contributed by atoms with Crippen LogP contribution in [0.5, 0.6) is 11.5 Å². The summed E-state index contributed by atoms with van der Waals surface area (Å²) in [5.41, 5.74) is 1.82. The van der Waals surface area contributed by atoms with Gasteiger partial charge in [0.1, 0.15) is 17.2 Å². The Kier molecular flexibility index (Phi) is 4.43. The first-order valence-electron chi connectivity index (χ1n) is 7.68. The summed E-state index contributed by atoms with van der Waals surface area (Å²) in [6, 6.07) is 14.3. The maximum absolute atomic E-state index is 12.5. The SMILES string of the molecule is COc1ccc(NC2=C(c3ccccc3)C(=O)N(C)C2=O)c(OC)c1. The molecule has 2 aromatic carbocycles. The summed E-state index contributed by atoms with van der Waals surface area (Å²) in [7, 11) is 4.56. The molecule has 0 unspecified atom stereocenters. The Morgan fingerprint density at radius 1 is 0.920 bits per heavy atom. The predicted molar refractivity (Wildman–Crippen MR) is 94.3 cm³/mol. The second kappa shape index (κ2) is 6.68. The largest absolute Gasteiger partial charge is 0.497 e. The van der Waals surface area contributed by atoms with Crippen LogP contribution < -0.4 is 14.8 Å². The van der Waals surface area contributed by atoms with Gasteiger partial charge in [-0.2, -0.15) is 0 Å². The average molecular weight is 338 g/mol. The minimum absolute atomic E-state index is 0.224. The van der Waals surface area contributed by atoms with Crippen molar-refractivity contribution < 1.29 is 19.1 Å². The lowest BCUT2D eigenvalue weighted by Gasteiger charge is -2.13. The molecule has 0 atom stereocenters. The van der Waals surface area contributed by atoms with Gasteiger partial charge < -0.3 is 14.8 Å². The number of hydrogen-bond acceptors (Lipinski definition) is 5. The maximum Gasteiger partial charge on any atom is 0.277 e. The molecule has 0 fully saturated rings. The molecule has 2 amide bonds. The van der Waals surface area contributed by atoms with E-state index in [9.17, 15) is 9.59 Å². The lowest BCUT2D eigenvalue weighted by atomic mass is 10.0. The molecule has 2 aromatic rings. The molecule has 0 bridgehead atoms. The highest BCUT2D eigenvalue weighted by molar-refractivity contribution is 6.36. The van der Waals surface area contributed by atoms with Gasteiger partial charge in [-0.05, 0) is 17.7 Å². The van der Waals surface area contributed by atoms with Crippen molar-refractivity contribution in [2.45, 2.75) is 0 Å². The van der Waals surface area contributed by atoms with Crippen LogP contribution in [0.15, 0.2) is 54.2 Å². The zero-order valence-electron chi connectivity index (χ0n) is 14.2. The number of carbonyl (C=O) groups excluding carboxylic acids is 2. The van der Waals surface area contributed by atoms with E-state index in [-0.39, 0.29) is 17.5 Å². The summed E-state index contributed by atoms with van der Waals surface area (Å²) in [5, 5.41) is 3.06. The third-order valence-corrected chi connectivity index (χ3v) is 4.02. The van der Waals surface area contributed by atoms with E-state index < -0.39 is 0 Å². The fourth-order valence-electron chi connectivity index (χ4n) is 2.67. The van der Waals surface area contributed by atoms with E-state index >= 15 is 0 Å². The molecule has 1 aliphatic heterocycles. The highest BCUT2D eigenvalue weighted by Gasteiger charge is 2.37. The van der Waals surface area contributed by atoms with E-state index in [0.717, 1.165) is 4.90 Å². The second-order valence-electron chi connectivity index (χ2n) is 5.48. The van der Waals surface area contributed by atoms with Gasteiger partial charge >= 0.3 is 0 Å². The van der Waals surface area contributed by atoms with Crippen LogP contribution in [0.3, 0.4) is 0 Å². The number of methoxy groups -OCH3 is 2. The molecule has 6 nitrogen and oxygen atoms in total. The number of imide groups is 1. The van der Waals surface area contributed by atoms with Crippen molar-refractivity contribution in [2.75, 3.05) is 26.6 Å². The Morgan fingerprint density at radius 2 is 1.64 bits per heavy atom. The molecule has 0 saturated heterocycles. The topological polar surface area (TPSA) is 67.9 Å². The van der Waals surface area contributed by atoms with Crippen LogP contribution in [0, 0.1) is 0 Å². The first kappa shape index (κ1) is 16.6. The molecule has 0 aromatic heterocycles. The van der Waals surface area contributed by atoms with Gasteiger partial charge in [0.15, 0.2) is 0 Å². The molecular formula is C19H18N2O4. The number of carbonyl (C=O) groups is 2. The van der Waals surface area contributed by atoms with Gasteiger partial charge in [0.2, 0.25) is 0 Å². The third-order valence-electron chi connectivity index (χ3n) is 4.02. The lowest BCUT2D eigenvalue weighted by Crippen LogP contribution is -2.27. The van der Waals surface area contributed by atoms with E-state index in [4.69, 9.17) is 9.47 Å². The zero-order valence-corrected chi connectivity index (χ0v) is 14.2. The summed E-state index contributed by atoms with van der Waals surface area (Å²) in [6.45, 7) is 0. The summed E-state index contributed by atoms with van der Waals surface area (Å²) in [5.74, 6) is 0.410. The number of nitrogens with zero attached hydrogens (tertiary/aromatic N) is 1. The molecule has 0 spiro atoms. The normalized spacial score (nSPS) is 14.1. The smallest absolute Gasteiger partial charge is 0.277 e. The van der Waals surface area contributed by atoms with Crippen molar-refractivity contribution >= 4 is 23.1 Å². The Hall–Kier alpha value is -3.28. The Bertz CT molecular complexity index is 859. The number of rotatable bonds is 5. The monoisotopic (exact) mass is 338 g/mol. The fourth-order valence-corrected chi connectivity index (χ4v) is 2.67. The van der Waals surface area contributed by atoms with Gasteiger partial charge in [0.05, 0.1) is 25.5 Å². The summed E-state index contributed by atoms with van der Waals surface area (Å²) in [4.78, 5) is 26.2. The van der Waals surface area contributed by atoms with Gasteiger partial charge in [-0.15, -0.1) is 0 Å². The highest BCUT2D eigenvalue weighted by atomic mass is 16.5. The van der Waals surface area contributed by atoms with Crippen LogP contribution in [0.4, 0.5) is 5.69 Å². The summed E-state index contributed by atoms with van der Waals surface area (Å²) < 4.78 is 10.5. The molecule has 3 rings (SSSR count). The van der Waals surface area contributed by atoms with E-state index in [0.29, 0.717) is 28.3 Å². The van der Waals surface area contributed by atoms with Gasteiger partial charge in [-0.3, -0.25) is 14.5 Å². The second-order valence-corrected chi connectivity index (χ2v) is 5.48. The van der Waals surface area contributed by atoms with Crippen molar-refractivity contribution in [3.63, 3.8) is 0 Å². The van der Waals surface area contributed by atoms with Crippen LogP contribution in [0.1, 0.15) is 5.56 Å². The van der Waals surface area contributed by atoms with Gasteiger partial charge in [-0.25, -0.2) is 0 Å². The van der Waals surface area contributed by atoms with Crippen molar-refractivity contribution in [3.05, 3.63) is 59.8 Å². The van der Waals surface area contributed by atoms with Crippen LogP contribution in [0.25, 0.3) is 5.57 Å². The number of likely N-dealkylation sites (N-methyl/N-ethyl adjacent to an activating group) is 1. The quantitative estimate of drug-likeness (QED) is 0.849. The van der Waals surface area contributed by atoms with Crippen LogP contribution in [0.2, 0.25) is 0 Å². The Balaban J connectivity index is 2.08. The molecule has 6 heteroatoms. The standard InChI is InChI=1S/C19H18N2O4/c1-21-18(22)16(12-7-5-4-6-8-12)17(19(21)23)20-14-10-9-13(24-2)11-15(14)25-3/h4-11,20H,1-3H3. The van der Waals surface area contributed by atoms with Gasteiger partial charge in [-0.1, -0.05) is 30.3 Å². The van der Waals surface area contributed by atoms with Crippen molar-refractivity contribution in [1.82, 2.24) is 4.90 Å². The first-order chi connectivity index (χ1) is 12.1. The van der Waals surface area contributed by atoms with Gasteiger partial charge in [0.25, 0.3) is 11.8 Å². The molecule has 0 radical (unpaired) electrons. The number of nitrogens with one attached hydrogen (secondary N) is 1. The van der Waals surface area contributed by atoms with E-state index in [1.807, 2.05) is 18.2 Å². The number of hydrogen-bond donors (Lipinski definition) is 1. The molecule has 1 aliphatic rings. The van der Waals surface area contributed by atoms with E-state index in [1.165, 1.54) is 14.2 Å². The number of amides is 2. The molecule has 25 heavy (non-hydrogen) atoms. The third kappa shape index (κ3) is 2.94. The van der Waals surface area contributed by atoms with Gasteiger partial charge in [0, 0.05) is 13.1 Å². The first-order valence-corrected chi connectivity index (χ1v) is 7.68. The molecule has 1 heterocycles. The molecule has 0 aliphatic carbocycles. The van der Waals surface area contributed by atoms with Crippen molar-refractivity contribution in [3.8, 4) is 11.5 Å². The average Bonchev–Trinajstić information content (AvgIpc) is 2.86. The zero-order chi connectivity index (χ0) is 18.0. The Morgan fingerprint density at radius 3 is 2.28 bits per heavy atom. The van der Waals surface area contributed by atoms with Crippen molar-refractivity contribution in [1.29, 1.82) is 0 Å². The molecular weight excluding hydrogens is 320 g/mol. The number of ether oxygens (including phenoxy) is 2. The summed E-state index contributed by atoms with van der Waals surface area (Å²) in [6.07, 6.45) is 0. The van der Waals surface area contributed by atoms with E-state index in [1.54, 1.807) is 37.4 Å². The predicted octanol–water partition coefficient (Wildman–Crippen LogP) is 2.53. The highest BCUT2D eigenvalue weighted by Crippen LogP contribution is 2.34. The maximum atomic E-state index is 12.5. The molecule has 128 valence electrons. The molecule has 0 saturated carbocycles. The van der Waals surface area contributed by atoms with Crippen LogP contribution >= 0.6 is 0 Å². The summed E-state index contributed by atoms with van der Waals surface area (Å²) >= 11 is 0. The number of benzene rings is 2.